The molecule has 0 saturated carbocycles. The lowest BCUT2D eigenvalue weighted by molar-refractivity contribution is -0.120. The number of hydrogen-bond acceptors (Lipinski definition) is 3. The maximum atomic E-state index is 13.4. The summed E-state index contributed by atoms with van der Waals surface area (Å²) in [6, 6.07) is 19.6. The summed E-state index contributed by atoms with van der Waals surface area (Å²) < 4.78 is 26.8. The third-order valence-electron chi connectivity index (χ3n) is 4.76. The van der Waals surface area contributed by atoms with Gasteiger partial charge in [-0.25, -0.2) is 13.7 Å². The highest BCUT2D eigenvalue weighted by Gasteiger charge is 2.42. The molecular weight excluding hydrogens is 374 g/mol. The summed E-state index contributed by atoms with van der Waals surface area (Å²) in [5, 5.41) is 0. The monoisotopic (exact) mass is 390 g/mol. The molecule has 3 aromatic rings. The van der Waals surface area contributed by atoms with Crippen molar-refractivity contribution in [1.29, 1.82) is 0 Å². The van der Waals surface area contributed by atoms with Crippen LogP contribution in [0.1, 0.15) is 5.56 Å². The van der Waals surface area contributed by atoms with Gasteiger partial charge in [-0.3, -0.25) is 9.59 Å². The zero-order valence-electron chi connectivity index (χ0n) is 15.5. The minimum Gasteiger partial charge on any atom is -0.339 e. The fourth-order valence-corrected chi connectivity index (χ4v) is 3.31. The highest BCUT2D eigenvalue weighted by atomic mass is 19.1. The molecule has 144 valence electrons. The van der Waals surface area contributed by atoms with Gasteiger partial charge in [-0.2, -0.15) is 0 Å². The van der Waals surface area contributed by atoms with Crippen LogP contribution in [-0.2, 0) is 9.59 Å². The van der Waals surface area contributed by atoms with Crippen LogP contribution in [0.15, 0.2) is 84.6 Å². The third kappa shape index (κ3) is 3.29. The number of carbonyl (C=O) groups excluding carboxylic acids is 2. The van der Waals surface area contributed by atoms with Gasteiger partial charge in [0.1, 0.15) is 17.3 Å². The number of amides is 2. The van der Waals surface area contributed by atoms with Gasteiger partial charge in [0.2, 0.25) is 0 Å². The van der Waals surface area contributed by atoms with Crippen molar-refractivity contribution < 1.29 is 18.4 Å². The van der Waals surface area contributed by atoms with E-state index in [4.69, 9.17) is 0 Å². The van der Waals surface area contributed by atoms with E-state index in [2.05, 4.69) is 0 Å². The minimum absolute atomic E-state index is 0.158. The van der Waals surface area contributed by atoms with Gasteiger partial charge in [-0.1, -0.05) is 30.3 Å². The van der Waals surface area contributed by atoms with Crippen molar-refractivity contribution in [2.45, 2.75) is 0 Å². The first kappa shape index (κ1) is 18.6. The van der Waals surface area contributed by atoms with E-state index < -0.39 is 23.4 Å². The second kappa shape index (κ2) is 7.31. The predicted molar refractivity (Wildman–Crippen MR) is 107 cm³/mol. The summed E-state index contributed by atoms with van der Waals surface area (Å²) >= 11 is 0. The Morgan fingerprint density at radius 3 is 1.86 bits per heavy atom. The lowest BCUT2D eigenvalue weighted by Gasteiger charge is -2.21. The lowest BCUT2D eigenvalue weighted by Crippen LogP contribution is -2.34. The average Bonchev–Trinajstić information content (AvgIpc) is 3.00. The fraction of sp³-hybridized carbons (Fsp3) is 0.0435. The Bertz CT molecular complexity index is 1110. The van der Waals surface area contributed by atoms with Crippen LogP contribution >= 0.6 is 0 Å². The topological polar surface area (TPSA) is 40.6 Å². The SMILES string of the molecule is CN(C1=C(c2ccc(F)cc2)C(=O)N(c2ccc(F)cc2)C1=O)c1ccccc1. The van der Waals surface area contributed by atoms with Crippen LogP contribution < -0.4 is 9.80 Å². The van der Waals surface area contributed by atoms with Crippen molar-refractivity contribution in [1.82, 2.24) is 0 Å². The number of imide groups is 1. The number of halogens is 2. The Kier molecular flexibility index (Phi) is 4.68. The summed E-state index contributed by atoms with van der Waals surface area (Å²) in [7, 11) is 1.69. The number of para-hydroxylation sites is 1. The van der Waals surface area contributed by atoms with Gasteiger partial charge in [0.05, 0.1) is 11.3 Å². The van der Waals surface area contributed by atoms with E-state index in [-0.39, 0.29) is 17.0 Å². The van der Waals surface area contributed by atoms with Crippen LogP contribution in [0, 0.1) is 11.6 Å². The zero-order valence-corrected chi connectivity index (χ0v) is 15.5. The van der Waals surface area contributed by atoms with E-state index in [0.717, 1.165) is 4.90 Å². The second-order valence-corrected chi connectivity index (χ2v) is 6.55. The number of likely N-dealkylation sites (N-methyl/N-ethyl adjacent to an activating group) is 1. The maximum absolute atomic E-state index is 13.4. The minimum atomic E-state index is -0.550. The van der Waals surface area contributed by atoms with Gasteiger partial charge in [0.15, 0.2) is 0 Å². The van der Waals surface area contributed by atoms with Crippen LogP contribution in [0.3, 0.4) is 0 Å². The number of carbonyl (C=O) groups is 2. The first-order valence-electron chi connectivity index (χ1n) is 8.90. The van der Waals surface area contributed by atoms with Gasteiger partial charge in [-0.05, 0) is 54.1 Å². The van der Waals surface area contributed by atoms with Gasteiger partial charge in [-0.15, -0.1) is 0 Å². The smallest absolute Gasteiger partial charge is 0.282 e. The molecule has 1 aliphatic rings. The molecule has 29 heavy (non-hydrogen) atoms. The molecule has 3 aromatic carbocycles. The first-order chi connectivity index (χ1) is 14.0. The summed E-state index contributed by atoms with van der Waals surface area (Å²) in [5.41, 5.74) is 1.72. The molecule has 0 bridgehead atoms. The third-order valence-corrected chi connectivity index (χ3v) is 4.76. The van der Waals surface area contributed by atoms with Crippen molar-refractivity contribution in [3.05, 3.63) is 102 Å². The lowest BCUT2D eigenvalue weighted by atomic mass is 10.0. The number of benzene rings is 3. The first-order valence-corrected chi connectivity index (χ1v) is 8.90. The van der Waals surface area contributed by atoms with Gasteiger partial charge in [0, 0.05) is 12.7 Å². The summed E-state index contributed by atoms with van der Waals surface area (Å²) in [6.07, 6.45) is 0. The van der Waals surface area contributed by atoms with Crippen LogP contribution in [0.25, 0.3) is 5.57 Å². The molecular formula is C23H16F2N2O2. The second-order valence-electron chi connectivity index (χ2n) is 6.55. The Labute approximate surface area is 166 Å². The average molecular weight is 390 g/mol. The van der Waals surface area contributed by atoms with Crippen molar-refractivity contribution in [2.75, 3.05) is 16.8 Å². The van der Waals surface area contributed by atoms with Crippen molar-refractivity contribution >= 4 is 28.8 Å². The molecule has 0 spiro atoms. The maximum Gasteiger partial charge on any atom is 0.282 e. The van der Waals surface area contributed by atoms with E-state index in [9.17, 15) is 18.4 Å². The molecule has 1 aliphatic heterocycles. The van der Waals surface area contributed by atoms with E-state index in [1.54, 1.807) is 11.9 Å². The molecule has 0 fully saturated rings. The Morgan fingerprint density at radius 1 is 0.724 bits per heavy atom. The Hall–Kier alpha value is -3.80. The molecule has 0 saturated heterocycles. The quantitative estimate of drug-likeness (QED) is 0.621. The van der Waals surface area contributed by atoms with Crippen LogP contribution in [-0.4, -0.2) is 18.9 Å². The van der Waals surface area contributed by atoms with Crippen LogP contribution in [0.4, 0.5) is 20.2 Å². The van der Waals surface area contributed by atoms with Crippen molar-refractivity contribution in [3.8, 4) is 0 Å². The fourth-order valence-electron chi connectivity index (χ4n) is 3.31. The van der Waals surface area contributed by atoms with E-state index in [1.807, 2.05) is 30.3 Å². The molecule has 0 aliphatic carbocycles. The number of anilines is 2. The Balaban J connectivity index is 1.87. The standard InChI is InChI=1S/C23H16F2N2O2/c1-26(18-5-3-2-4-6-18)21-20(15-7-9-16(24)10-8-15)22(28)27(23(21)29)19-13-11-17(25)12-14-19/h2-14H,1H3. The summed E-state index contributed by atoms with van der Waals surface area (Å²) in [5.74, 6) is -2.00. The molecule has 0 radical (unpaired) electrons. The van der Waals surface area contributed by atoms with E-state index in [1.165, 1.54) is 48.5 Å². The largest absolute Gasteiger partial charge is 0.339 e. The molecule has 4 rings (SSSR count). The number of nitrogens with zero attached hydrogens (tertiary/aromatic N) is 2. The molecule has 0 atom stereocenters. The molecule has 0 N–H and O–H groups in total. The van der Waals surface area contributed by atoms with Crippen molar-refractivity contribution in [2.24, 2.45) is 0 Å². The number of hydrogen-bond donors (Lipinski definition) is 0. The molecule has 0 unspecified atom stereocenters. The zero-order chi connectivity index (χ0) is 20.5. The summed E-state index contributed by atoms with van der Waals surface area (Å²) in [4.78, 5) is 29.2. The normalized spacial score (nSPS) is 14.0. The molecule has 0 aromatic heterocycles. The molecule has 2 amide bonds. The van der Waals surface area contributed by atoms with Crippen LogP contribution in [0.2, 0.25) is 0 Å². The van der Waals surface area contributed by atoms with Crippen molar-refractivity contribution in [3.63, 3.8) is 0 Å². The number of rotatable bonds is 4. The van der Waals surface area contributed by atoms with Gasteiger partial charge >= 0.3 is 0 Å². The van der Waals surface area contributed by atoms with Gasteiger partial charge < -0.3 is 4.90 Å². The molecule has 6 heteroatoms. The predicted octanol–water partition coefficient (Wildman–Crippen LogP) is 4.39. The van der Waals surface area contributed by atoms with E-state index in [0.29, 0.717) is 11.3 Å². The van der Waals surface area contributed by atoms with E-state index >= 15 is 0 Å². The summed E-state index contributed by atoms with van der Waals surface area (Å²) in [6.45, 7) is 0. The highest BCUT2D eigenvalue weighted by Crippen LogP contribution is 2.36. The molecule has 1 heterocycles. The molecule has 4 nitrogen and oxygen atoms in total. The van der Waals surface area contributed by atoms with Gasteiger partial charge in [0.25, 0.3) is 11.8 Å². The highest BCUT2D eigenvalue weighted by molar-refractivity contribution is 6.46. The Morgan fingerprint density at radius 2 is 1.28 bits per heavy atom. The van der Waals surface area contributed by atoms with Crippen LogP contribution in [0.5, 0.6) is 0 Å².